The van der Waals surface area contributed by atoms with Crippen LogP contribution in [0.1, 0.15) is 51.9 Å². The van der Waals surface area contributed by atoms with Crippen molar-refractivity contribution in [3.05, 3.63) is 0 Å². The molecule has 4 aliphatic carbocycles. The highest BCUT2D eigenvalue weighted by molar-refractivity contribution is 5.17. The summed E-state index contributed by atoms with van der Waals surface area (Å²) in [6, 6.07) is 0. The SMILES string of the molecule is CCC12CC3(O)CC(CO)(C1)CC(CO)(C3)C2. The maximum atomic E-state index is 10.8. The van der Waals surface area contributed by atoms with Crippen LogP contribution < -0.4 is 0 Å². The molecule has 98 valence electrons. The zero-order chi connectivity index (χ0) is 12.4. The van der Waals surface area contributed by atoms with Crippen molar-refractivity contribution in [2.45, 2.75) is 57.5 Å². The van der Waals surface area contributed by atoms with Gasteiger partial charge in [0.2, 0.25) is 0 Å². The summed E-state index contributed by atoms with van der Waals surface area (Å²) in [5.41, 5.74) is -0.713. The van der Waals surface area contributed by atoms with Gasteiger partial charge in [-0.2, -0.15) is 0 Å². The van der Waals surface area contributed by atoms with E-state index in [-0.39, 0.29) is 29.5 Å². The van der Waals surface area contributed by atoms with Crippen LogP contribution in [-0.4, -0.2) is 34.1 Å². The highest BCUT2D eigenvalue weighted by Gasteiger charge is 2.66. The predicted molar refractivity (Wildman–Crippen MR) is 64.4 cm³/mol. The maximum absolute atomic E-state index is 10.8. The van der Waals surface area contributed by atoms with Crippen molar-refractivity contribution < 1.29 is 15.3 Å². The zero-order valence-corrected chi connectivity index (χ0v) is 10.7. The topological polar surface area (TPSA) is 60.7 Å². The van der Waals surface area contributed by atoms with Crippen molar-refractivity contribution in [3.63, 3.8) is 0 Å². The Balaban J connectivity index is 2.06. The summed E-state index contributed by atoms with van der Waals surface area (Å²) in [6.07, 6.45) is 6.38. The van der Waals surface area contributed by atoms with Gasteiger partial charge in [-0.3, -0.25) is 0 Å². The molecule has 4 fully saturated rings. The van der Waals surface area contributed by atoms with Crippen molar-refractivity contribution in [1.29, 1.82) is 0 Å². The first-order chi connectivity index (χ1) is 7.92. The maximum Gasteiger partial charge on any atom is 0.0665 e. The summed E-state index contributed by atoms with van der Waals surface area (Å²) < 4.78 is 0. The Morgan fingerprint density at radius 2 is 1.18 bits per heavy atom. The van der Waals surface area contributed by atoms with Crippen LogP contribution in [0.4, 0.5) is 0 Å². The van der Waals surface area contributed by atoms with E-state index >= 15 is 0 Å². The lowest BCUT2D eigenvalue weighted by Gasteiger charge is -2.68. The summed E-state index contributed by atoms with van der Waals surface area (Å²) in [6.45, 7) is 2.52. The van der Waals surface area contributed by atoms with Crippen LogP contribution in [0.15, 0.2) is 0 Å². The average molecular weight is 240 g/mol. The van der Waals surface area contributed by atoms with Crippen molar-refractivity contribution >= 4 is 0 Å². The second-order valence-corrected chi connectivity index (χ2v) is 7.45. The Bertz CT molecular complexity index is 280. The molecule has 0 aliphatic heterocycles. The first-order valence-corrected chi connectivity index (χ1v) is 6.87. The van der Waals surface area contributed by atoms with E-state index in [1.165, 1.54) is 0 Å². The summed E-state index contributed by atoms with van der Waals surface area (Å²) in [4.78, 5) is 0. The third-order valence-corrected chi connectivity index (χ3v) is 5.78. The second kappa shape index (κ2) is 3.25. The highest BCUT2D eigenvalue weighted by Crippen LogP contribution is 2.71. The van der Waals surface area contributed by atoms with Gasteiger partial charge in [0.05, 0.1) is 5.60 Å². The lowest BCUT2D eigenvalue weighted by atomic mass is 9.38. The van der Waals surface area contributed by atoms with Gasteiger partial charge in [0.15, 0.2) is 0 Å². The molecule has 0 radical (unpaired) electrons. The molecule has 0 aromatic carbocycles. The summed E-state index contributed by atoms with van der Waals surface area (Å²) >= 11 is 0. The number of hydrogen-bond acceptors (Lipinski definition) is 3. The summed E-state index contributed by atoms with van der Waals surface area (Å²) in [5, 5.41) is 30.3. The van der Waals surface area contributed by atoms with E-state index in [1.54, 1.807) is 0 Å². The fourth-order valence-corrected chi connectivity index (χ4v) is 5.94. The van der Waals surface area contributed by atoms with E-state index in [0.29, 0.717) is 0 Å². The molecule has 17 heavy (non-hydrogen) atoms. The third kappa shape index (κ3) is 1.52. The molecule has 4 rings (SSSR count). The van der Waals surface area contributed by atoms with E-state index in [2.05, 4.69) is 6.92 Å². The van der Waals surface area contributed by atoms with Crippen LogP contribution in [0.2, 0.25) is 0 Å². The van der Waals surface area contributed by atoms with Crippen LogP contribution >= 0.6 is 0 Å². The first kappa shape index (κ1) is 11.9. The predicted octanol–water partition coefficient (Wildman–Crippen LogP) is 1.45. The Labute approximate surface area is 103 Å². The zero-order valence-electron chi connectivity index (χ0n) is 10.7. The quantitative estimate of drug-likeness (QED) is 0.700. The minimum absolute atomic E-state index is 0.123. The number of rotatable bonds is 3. The second-order valence-electron chi connectivity index (χ2n) is 7.45. The monoisotopic (exact) mass is 240 g/mol. The van der Waals surface area contributed by atoms with Gasteiger partial charge in [0.25, 0.3) is 0 Å². The summed E-state index contributed by atoms with van der Waals surface area (Å²) in [7, 11) is 0. The number of hydrogen-bond donors (Lipinski definition) is 3. The van der Waals surface area contributed by atoms with Crippen molar-refractivity contribution in [1.82, 2.24) is 0 Å². The van der Waals surface area contributed by atoms with E-state index in [4.69, 9.17) is 0 Å². The van der Waals surface area contributed by atoms with Crippen LogP contribution in [0.5, 0.6) is 0 Å². The Hall–Kier alpha value is -0.120. The molecule has 3 nitrogen and oxygen atoms in total. The van der Waals surface area contributed by atoms with Gasteiger partial charge in [-0.15, -0.1) is 0 Å². The van der Waals surface area contributed by atoms with Crippen molar-refractivity contribution in [2.24, 2.45) is 16.2 Å². The smallest absolute Gasteiger partial charge is 0.0665 e. The Morgan fingerprint density at radius 1 is 0.765 bits per heavy atom. The first-order valence-electron chi connectivity index (χ1n) is 6.87. The number of aliphatic hydroxyl groups is 3. The fraction of sp³-hybridized carbons (Fsp3) is 1.00. The van der Waals surface area contributed by atoms with E-state index in [0.717, 1.165) is 44.9 Å². The van der Waals surface area contributed by atoms with Crippen LogP contribution in [0, 0.1) is 16.2 Å². The van der Waals surface area contributed by atoms with Gasteiger partial charge < -0.3 is 15.3 Å². The highest BCUT2D eigenvalue weighted by atomic mass is 16.3. The molecule has 4 aliphatic rings. The standard InChI is InChI=1S/C14H24O3/c1-2-11-3-12(9-15)5-13(4-11,10-16)8-14(17,6-11)7-12/h15-17H,2-10H2,1H3. The molecule has 2 atom stereocenters. The van der Waals surface area contributed by atoms with Crippen LogP contribution in [0.25, 0.3) is 0 Å². The van der Waals surface area contributed by atoms with E-state index in [1.807, 2.05) is 0 Å². The lowest BCUT2D eigenvalue weighted by molar-refractivity contribution is -0.250. The van der Waals surface area contributed by atoms with Crippen LogP contribution in [-0.2, 0) is 0 Å². The van der Waals surface area contributed by atoms with Crippen LogP contribution in [0.3, 0.4) is 0 Å². The molecule has 3 heteroatoms. The Morgan fingerprint density at radius 3 is 1.59 bits per heavy atom. The summed E-state index contributed by atoms with van der Waals surface area (Å²) in [5.74, 6) is 0. The molecule has 0 spiro atoms. The van der Waals surface area contributed by atoms with Gasteiger partial charge in [-0.25, -0.2) is 0 Å². The fourth-order valence-electron chi connectivity index (χ4n) is 5.94. The van der Waals surface area contributed by atoms with Crippen molar-refractivity contribution in [2.75, 3.05) is 13.2 Å². The molecular formula is C14H24O3. The molecular weight excluding hydrogens is 216 g/mol. The van der Waals surface area contributed by atoms with E-state index in [9.17, 15) is 15.3 Å². The lowest BCUT2D eigenvalue weighted by Crippen LogP contribution is -2.65. The molecule has 4 bridgehead atoms. The largest absolute Gasteiger partial charge is 0.396 e. The molecule has 3 N–H and O–H groups in total. The molecule has 4 saturated carbocycles. The van der Waals surface area contributed by atoms with Gasteiger partial charge in [0.1, 0.15) is 0 Å². The molecule has 0 heterocycles. The third-order valence-electron chi connectivity index (χ3n) is 5.78. The average Bonchev–Trinajstić information content (AvgIpc) is 2.26. The molecule has 0 aromatic heterocycles. The molecule has 2 unspecified atom stereocenters. The van der Waals surface area contributed by atoms with Crippen molar-refractivity contribution in [3.8, 4) is 0 Å². The number of aliphatic hydroxyl groups excluding tert-OH is 2. The molecule has 0 aromatic rings. The molecule has 0 amide bonds. The normalized spacial score (nSPS) is 56.5. The minimum Gasteiger partial charge on any atom is -0.396 e. The Kier molecular flexibility index (Phi) is 2.28. The minimum atomic E-state index is -0.629. The van der Waals surface area contributed by atoms with Gasteiger partial charge >= 0.3 is 0 Å². The van der Waals surface area contributed by atoms with E-state index < -0.39 is 5.60 Å². The molecule has 0 saturated heterocycles. The van der Waals surface area contributed by atoms with Gasteiger partial charge in [0, 0.05) is 13.2 Å². The van der Waals surface area contributed by atoms with Gasteiger partial charge in [-0.1, -0.05) is 13.3 Å². The van der Waals surface area contributed by atoms with Gasteiger partial charge in [-0.05, 0) is 54.8 Å².